The molecule has 0 aliphatic carbocycles. The fourth-order valence-electron chi connectivity index (χ4n) is 2.11. The molecule has 2 rings (SSSR count). The Morgan fingerprint density at radius 3 is 2.45 bits per heavy atom. The summed E-state index contributed by atoms with van der Waals surface area (Å²) in [6.07, 6.45) is 0. The van der Waals surface area contributed by atoms with Crippen LogP contribution >= 0.6 is 0 Å². The van der Waals surface area contributed by atoms with Gasteiger partial charge in [-0.1, -0.05) is 48.0 Å². The normalized spacial score (nSPS) is 12.1. The Bertz CT molecular complexity index is 594. The van der Waals surface area contributed by atoms with Crippen molar-refractivity contribution >= 4 is 5.69 Å². The molecule has 0 saturated heterocycles. The first-order valence-corrected chi connectivity index (χ1v) is 6.60. The molecule has 20 heavy (non-hydrogen) atoms. The Morgan fingerprint density at radius 2 is 1.80 bits per heavy atom. The Morgan fingerprint density at radius 1 is 1.15 bits per heavy atom. The number of para-hydroxylation sites is 1. The second-order valence-electron chi connectivity index (χ2n) is 4.90. The zero-order valence-corrected chi connectivity index (χ0v) is 11.7. The lowest BCUT2D eigenvalue weighted by Gasteiger charge is -2.14. The zero-order valence-electron chi connectivity index (χ0n) is 11.7. The molecule has 0 aliphatic rings. The molecule has 0 saturated carbocycles. The molecule has 0 spiro atoms. The van der Waals surface area contributed by atoms with Gasteiger partial charge in [0.2, 0.25) is 0 Å². The molecule has 0 radical (unpaired) electrons. The average molecular weight is 270 g/mol. The Balaban J connectivity index is 2.07. The topological polar surface area (TPSA) is 55.2 Å². The van der Waals surface area contributed by atoms with Crippen LogP contribution in [-0.4, -0.2) is 4.92 Å². The van der Waals surface area contributed by atoms with Gasteiger partial charge in [-0.15, -0.1) is 0 Å². The summed E-state index contributed by atoms with van der Waals surface area (Å²) in [6, 6.07) is 15.0. The van der Waals surface area contributed by atoms with Gasteiger partial charge < -0.3 is 5.32 Å². The zero-order chi connectivity index (χ0) is 14.5. The molecule has 0 aliphatic heterocycles. The molecule has 104 valence electrons. The predicted molar refractivity (Wildman–Crippen MR) is 79.5 cm³/mol. The van der Waals surface area contributed by atoms with Gasteiger partial charge >= 0.3 is 0 Å². The summed E-state index contributed by atoms with van der Waals surface area (Å²) in [5, 5.41) is 14.3. The molecular weight excluding hydrogens is 252 g/mol. The highest BCUT2D eigenvalue weighted by Gasteiger charge is 2.17. The molecule has 4 heteroatoms. The number of rotatable bonds is 5. The predicted octanol–water partition coefficient (Wildman–Crippen LogP) is 3.75. The summed E-state index contributed by atoms with van der Waals surface area (Å²) in [7, 11) is 0. The van der Waals surface area contributed by atoms with Crippen molar-refractivity contribution in [1.82, 2.24) is 5.32 Å². The number of nitrogens with one attached hydrogen (secondary N) is 1. The van der Waals surface area contributed by atoms with Crippen LogP contribution < -0.4 is 5.32 Å². The second kappa shape index (κ2) is 6.30. The van der Waals surface area contributed by atoms with E-state index in [1.807, 2.05) is 19.9 Å². The molecule has 0 amide bonds. The van der Waals surface area contributed by atoms with Crippen LogP contribution in [0.25, 0.3) is 0 Å². The SMILES string of the molecule is Cc1ccc(CNC(C)c2ccccc2[N+](=O)[O-])cc1. The first-order valence-electron chi connectivity index (χ1n) is 6.60. The van der Waals surface area contributed by atoms with E-state index in [1.54, 1.807) is 18.2 Å². The van der Waals surface area contributed by atoms with Gasteiger partial charge in [-0.3, -0.25) is 10.1 Å². The van der Waals surface area contributed by atoms with Crippen molar-refractivity contribution in [2.75, 3.05) is 0 Å². The van der Waals surface area contributed by atoms with Crippen molar-refractivity contribution in [3.8, 4) is 0 Å². The molecule has 0 fully saturated rings. The van der Waals surface area contributed by atoms with Crippen molar-refractivity contribution < 1.29 is 4.92 Å². The maximum absolute atomic E-state index is 11.0. The van der Waals surface area contributed by atoms with Crippen LogP contribution in [-0.2, 0) is 6.54 Å². The van der Waals surface area contributed by atoms with Crippen LogP contribution in [0.4, 0.5) is 5.69 Å². The lowest BCUT2D eigenvalue weighted by molar-refractivity contribution is -0.385. The van der Waals surface area contributed by atoms with E-state index in [4.69, 9.17) is 0 Å². The first kappa shape index (κ1) is 14.2. The van der Waals surface area contributed by atoms with Gasteiger partial charge in [0, 0.05) is 24.2 Å². The third-order valence-corrected chi connectivity index (χ3v) is 3.33. The fraction of sp³-hybridized carbons (Fsp3) is 0.250. The largest absolute Gasteiger partial charge is 0.306 e. The smallest absolute Gasteiger partial charge is 0.274 e. The van der Waals surface area contributed by atoms with E-state index < -0.39 is 0 Å². The van der Waals surface area contributed by atoms with E-state index >= 15 is 0 Å². The number of nitrogens with zero attached hydrogens (tertiary/aromatic N) is 1. The van der Waals surface area contributed by atoms with Gasteiger partial charge in [0.15, 0.2) is 0 Å². The molecule has 4 nitrogen and oxygen atoms in total. The summed E-state index contributed by atoms with van der Waals surface area (Å²) in [5.41, 5.74) is 3.27. The number of benzene rings is 2. The Labute approximate surface area is 118 Å². The molecule has 1 atom stereocenters. The number of nitro benzene ring substituents is 1. The van der Waals surface area contributed by atoms with Gasteiger partial charge in [0.1, 0.15) is 0 Å². The van der Waals surface area contributed by atoms with Crippen molar-refractivity contribution in [2.45, 2.75) is 26.4 Å². The van der Waals surface area contributed by atoms with E-state index in [0.29, 0.717) is 12.1 Å². The summed E-state index contributed by atoms with van der Waals surface area (Å²) < 4.78 is 0. The van der Waals surface area contributed by atoms with Crippen LogP contribution in [0.2, 0.25) is 0 Å². The number of aryl methyl sites for hydroxylation is 1. The van der Waals surface area contributed by atoms with E-state index in [1.165, 1.54) is 11.1 Å². The second-order valence-corrected chi connectivity index (χ2v) is 4.90. The quantitative estimate of drug-likeness (QED) is 0.665. The first-order chi connectivity index (χ1) is 9.58. The minimum absolute atomic E-state index is 0.0714. The van der Waals surface area contributed by atoms with E-state index in [2.05, 4.69) is 29.6 Å². The van der Waals surface area contributed by atoms with Crippen molar-refractivity contribution in [2.24, 2.45) is 0 Å². The highest BCUT2D eigenvalue weighted by Crippen LogP contribution is 2.24. The summed E-state index contributed by atoms with van der Waals surface area (Å²) in [6.45, 7) is 4.68. The molecule has 0 aromatic heterocycles. The van der Waals surface area contributed by atoms with Crippen molar-refractivity contribution in [1.29, 1.82) is 0 Å². The Hall–Kier alpha value is -2.20. The van der Waals surface area contributed by atoms with Crippen LogP contribution in [0.3, 0.4) is 0 Å². The van der Waals surface area contributed by atoms with Gasteiger partial charge in [-0.25, -0.2) is 0 Å². The van der Waals surface area contributed by atoms with Crippen LogP contribution in [0.5, 0.6) is 0 Å². The van der Waals surface area contributed by atoms with Gasteiger partial charge in [-0.05, 0) is 19.4 Å². The molecule has 1 N–H and O–H groups in total. The molecule has 0 heterocycles. The molecule has 2 aromatic rings. The lowest BCUT2D eigenvalue weighted by atomic mass is 10.1. The maximum atomic E-state index is 11.0. The van der Waals surface area contributed by atoms with Crippen LogP contribution in [0.15, 0.2) is 48.5 Å². The number of nitro groups is 1. The van der Waals surface area contributed by atoms with Crippen LogP contribution in [0, 0.1) is 17.0 Å². The van der Waals surface area contributed by atoms with Gasteiger partial charge in [0.05, 0.1) is 4.92 Å². The van der Waals surface area contributed by atoms with Crippen LogP contribution in [0.1, 0.15) is 29.7 Å². The highest BCUT2D eigenvalue weighted by atomic mass is 16.6. The molecule has 2 aromatic carbocycles. The minimum Gasteiger partial charge on any atom is -0.306 e. The van der Waals surface area contributed by atoms with Gasteiger partial charge in [0.25, 0.3) is 5.69 Å². The monoisotopic (exact) mass is 270 g/mol. The lowest BCUT2D eigenvalue weighted by Crippen LogP contribution is -2.19. The van der Waals surface area contributed by atoms with Crippen molar-refractivity contribution in [3.63, 3.8) is 0 Å². The molecule has 1 unspecified atom stereocenters. The van der Waals surface area contributed by atoms with Gasteiger partial charge in [-0.2, -0.15) is 0 Å². The summed E-state index contributed by atoms with van der Waals surface area (Å²) in [4.78, 5) is 10.7. The summed E-state index contributed by atoms with van der Waals surface area (Å²) >= 11 is 0. The van der Waals surface area contributed by atoms with Crippen molar-refractivity contribution in [3.05, 3.63) is 75.3 Å². The Kier molecular flexibility index (Phi) is 4.48. The third-order valence-electron chi connectivity index (χ3n) is 3.33. The van der Waals surface area contributed by atoms with E-state index in [9.17, 15) is 10.1 Å². The summed E-state index contributed by atoms with van der Waals surface area (Å²) in [5.74, 6) is 0. The third kappa shape index (κ3) is 3.42. The number of hydrogen-bond acceptors (Lipinski definition) is 3. The standard InChI is InChI=1S/C16H18N2O2/c1-12-7-9-14(10-8-12)11-17-13(2)15-5-3-4-6-16(15)18(19)20/h3-10,13,17H,11H2,1-2H3. The number of hydrogen-bond donors (Lipinski definition) is 1. The fourth-order valence-corrected chi connectivity index (χ4v) is 2.11. The molecular formula is C16H18N2O2. The minimum atomic E-state index is -0.334. The maximum Gasteiger partial charge on any atom is 0.274 e. The average Bonchev–Trinajstić information content (AvgIpc) is 2.46. The highest BCUT2D eigenvalue weighted by molar-refractivity contribution is 5.41. The van der Waals surface area contributed by atoms with E-state index in [0.717, 1.165) is 0 Å². The molecule has 0 bridgehead atoms. The van der Waals surface area contributed by atoms with E-state index in [-0.39, 0.29) is 16.7 Å².